The first-order valence-corrected chi connectivity index (χ1v) is 6.64. The average molecular weight is 266 g/mol. The molecular weight excluding hydrogens is 244 g/mol. The van der Waals surface area contributed by atoms with Gasteiger partial charge in [-0.1, -0.05) is 0 Å². The number of nitrogens with zero attached hydrogens (tertiary/aromatic N) is 2. The van der Waals surface area contributed by atoms with Crippen molar-refractivity contribution in [3.8, 4) is 0 Å². The molecule has 1 saturated heterocycles. The predicted octanol–water partition coefficient (Wildman–Crippen LogP) is 1.89. The minimum Gasteiger partial charge on any atom is -0.478 e. The number of carboxylic acids is 1. The molecule has 0 aliphatic carbocycles. The summed E-state index contributed by atoms with van der Waals surface area (Å²) in [4.78, 5) is 15.5. The van der Waals surface area contributed by atoms with Crippen molar-refractivity contribution >= 4 is 5.97 Å². The fourth-order valence-electron chi connectivity index (χ4n) is 2.37. The maximum absolute atomic E-state index is 10.8. The number of hydrogen-bond acceptors (Lipinski definition) is 4. The summed E-state index contributed by atoms with van der Waals surface area (Å²) in [5.41, 5.74) is 0.441. The summed E-state index contributed by atoms with van der Waals surface area (Å²) in [7, 11) is 0. The Labute approximate surface area is 113 Å². The van der Waals surface area contributed by atoms with E-state index in [1.165, 1.54) is 6.26 Å². The van der Waals surface area contributed by atoms with Crippen LogP contribution in [0.5, 0.6) is 0 Å². The normalized spacial score (nSPS) is 18.7. The zero-order valence-corrected chi connectivity index (χ0v) is 11.8. The number of carbonyl (C=O) groups is 1. The van der Waals surface area contributed by atoms with Gasteiger partial charge in [0.2, 0.25) is 0 Å². The Balaban J connectivity index is 1.87. The molecule has 0 saturated carbocycles. The maximum Gasteiger partial charge on any atom is 0.338 e. The number of piperazine rings is 1. The third-order valence-electron chi connectivity index (χ3n) is 3.60. The van der Waals surface area contributed by atoms with Gasteiger partial charge in [0, 0.05) is 31.7 Å². The van der Waals surface area contributed by atoms with Crippen molar-refractivity contribution in [2.75, 3.05) is 26.2 Å². The highest BCUT2D eigenvalue weighted by atomic mass is 16.4. The number of hydrogen-bond donors (Lipinski definition) is 1. The van der Waals surface area contributed by atoms with E-state index in [4.69, 9.17) is 9.52 Å². The zero-order chi connectivity index (χ0) is 14.0. The van der Waals surface area contributed by atoms with Crippen LogP contribution in [-0.4, -0.2) is 52.6 Å². The largest absolute Gasteiger partial charge is 0.478 e. The first-order valence-electron chi connectivity index (χ1n) is 6.64. The van der Waals surface area contributed by atoms with Gasteiger partial charge < -0.3 is 9.52 Å². The van der Waals surface area contributed by atoms with Crippen LogP contribution in [0.4, 0.5) is 0 Å². The first-order chi connectivity index (χ1) is 8.86. The average Bonchev–Trinajstić information content (AvgIpc) is 2.77. The van der Waals surface area contributed by atoms with Crippen molar-refractivity contribution in [3.05, 3.63) is 23.7 Å². The second-order valence-electron chi connectivity index (χ2n) is 6.04. The number of carboxylic acid groups (broad SMARTS) is 1. The van der Waals surface area contributed by atoms with Crippen LogP contribution in [0.15, 0.2) is 16.7 Å². The molecule has 0 unspecified atom stereocenters. The summed E-state index contributed by atoms with van der Waals surface area (Å²) in [5, 5.41) is 8.85. The standard InChI is InChI=1S/C14H22N2O3/c1-14(2,3)16-6-4-15(5-7-16)9-12-8-11(10-19-12)13(17)18/h8,10H,4-7,9H2,1-3H3,(H,17,18). The maximum atomic E-state index is 10.8. The van der Waals surface area contributed by atoms with Crippen molar-refractivity contribution in [1.29, 1.82) is 0 Å². The highest BCUT2D eigenvalue weighted by Crippen LogP contribution is 2.17. The molecule has 19 heavy (non-hydrogen) atoms. The molecule has 0 radical (unpaired) electrons. The molecule has 0 aromatic carbocycles. The molecule has 0 bridgehead atoms. The number of aromatic carboxylic acids is 1. The smallest absolute Gasteiger partial charge is 0.338 e. The van der Waals surface area contributed by atoms with Gasteiger partial charge in [0.1, 0.15) is 12.0 Å². The Morgan fingerprint density at radius 2 is 1.95 bits per heavy atom. The summed E-state index contributed by atoms with van der Waals surface area (Å²) < 4.78 is 5.29. The minimum absolute atomic E-state index is 0.216. The second-order valence-corrected chi connectivity index (χ2v) is 6.04. The van der Waals surface area contributed by atoms with Crippen molar-refractivity contribution < 1.29 is 14.3 Å². The van der Waals surface area contributed by atoms with E-state index in [-0.39, 0.29) is 11.1 Å². The first kappa shape index (κ1) is 14.1. The van der Waals surface area contributed by atoms with Gasteiger partial charge >= 0.3 is 5.97 Å². The molecule has 0 amide bonds. The van der Waals surface area contributed by atoms with E-state index in [1.807, 2.05) is 0 Å². The van der Waals surface area contributed by atoms with Gasteiger partial charge in [0.05, 0.1) is 12.1 Å². The van der Waals surface area contributed by atoms with Gasteiger partial charge in [-0.2, -0.15) is 0 Å². The predicted molar refractivity (Wildman–Crippen MR) is 72.3 cm³/mol. The summed E-state index contributed by atoms with van der Waals surface area (Å²) in [6.07, 6.45) is 1.31. The highest BCUT2D eigenvalue weighted by Gasteiger charge is 2.26. The lowest BCUT2D eigenvalue weighted by molar-refractivity contribution is 0.0562. The van der Waals surface area contributed by atoms with Crippen LogP contribution in [0.1, 0.15) is 36.9 Å². The van der Waals surface area contributed by atoms with E-state index in [1.54, 1.807) is 6.07 Å². The molecule has 0 spiro atoms. The Morgan fingerprint density at radius 1 is 1.32 bits per heavy atom. The Kier molecular flexibility index (Phi) is 3.96. The van der Waals surface area contributed by atoms with E-state index in [0.29, 0.717) is 6.54 Å². The molecule has 1 aliphatic rings. The Bertz CT molecular complexity index is 440. The topological polar surface area (TPSA) is 56.9 Å². The fraction of sp³-hybridized carbons (Fsp3) is 0.643. The summed E-state index contributed by atoms with van der Waals surface area (Å²) in [6, 6.07) is 1.61. The van der Waals surface area contributed by atoms with E-state index in [9.17, 15) is 4.79 Å². The molecule has 5 heteroatoms. The van der Waals surface area contributed by atoms with Gasteiger partial charge in [-0.15, -0.1) is 0 Å². The molecule has 5 nitrogen and oxygen atoms in total. The van der Waals surface area contributed by atoms with Crippen LogP contribution in [0, 0.1) is 0 Å². The van der Waals surface area contributed by atoms with E-state index in [0.717, 1.165) is 31.9 Å². The van der Waals surface area contributed by atoms with Crippen molar-refractivity contribution in [2.45, 2.75) is 32.9 Å². The lowest BCUT2D eigenvalue weighted by Crippen LogP contribution is -2.53. The molecule has 106 valence electrons. The van der Waals surface area contributed by atoms with Gasteiger partial charge in [0.25, 0.3) is 0 Å². The third kappa shape index (κ3) is 3.58. The third-order valence-corrected chi connectivity index (χ3v) is 3.60. The van der Waals surface area contributed by atoms with Crippen molar-refractivity contribution in [3.63, 3.8) is 0 Å². The molecule has 2 heterocycles. The number of furan rings is 1. The molecule has 0 atom stereocenters. The quantitative estimate of drug-likeness (QED) is 0.905. The van der Waals surface area contributed by atoms with Gasteiger partial charge in [-0.25, -0.2) is 4.79 Å². The summed E-state index contributed by atoms with van der Waals surface area (Å²) >= 11 is 0. The van der Waals surface area contributed by atoms with Crippen LogP contribution < -0.4 is 0 Å². The highest BCUT2D eigenvalue weighted by molar-refractivity contribution is 5.87. The number of rotatable bonds is 3. The van der Waals surface area contributed by atoms with Crippen LogP contribution in [0.3, 0.4) is 0 Å². The van der Waals surface area contributed by atoms with E-state index >= 15 is 0 Å². The van der Waals surface area contributed by atoms with Crippen LogP contribution in [0.2, 0.25) is 0 Å². The van der Waals surface area contributed by atoms with Crippen LogP contribution in [-0.2, 0) is 6.54 Å². The van der Waals surface area contributed by atoms with Crippen molar-refractivity contribution in [1.82, 2.24) is 9.80 Å². The molecule has 2 rings (SSSR count). The summed E-state index contributed by atoms with van der Waals surface area (Å²) in [5.74, 6) is -0.214. The second kappa shape index (κ2) is 5.35. The van der Waals surface area contributed by atoms with Gasteiger partial charge in [0.15, 0.2) is 0 Å². The molecule has 1 fully saturated rings. The molecule has 1 N–H and O–H groups in total. The lowest BCUT2D eigenvalue weighted by atomic mass is 10.0. The summed E-state index contributed by atoms with van der Waals surface area (Å²) in [6.45, 7) is 11.4. The van der Waals surface area contributed by atoms with E-state index in [2.05, 4.69) is 30.6 Å². The molecule has 1 aliphatic heterocycles. The monoisotopic (exact) mass is 266 g/mol. The van der Waals surface area contributed by atoms with Crippen LogP contribution >= 0.6 is 0 Å². The molecule has 1 aromatic rings. The van der Waals surface area contributed by atoms with Gasteiger partial charge in [-0.05, 0) is 26.8 Å². The molecule has 1 aromatic heterocycles. The van der Waals surface area contributed by atoms with Crippen molar-refractivity contribution in [2.24, 2.45) is 0 Å². The van der Waals surface area contributed by atoms with Crippen LogP contribution in [0.25, 0.3) is 0 Å². The Hall–Kier alpha value is -1.33. The van der Waals surface area contributed by atoms with Gasteiger partial charge in [-0.3, -0.25) is 9.80 Å². The van der Waals surface area contributed by atoms with E-state index < -0.39 is 5.97 Å². The zero-order valence-electron chi connectivity index (χ0n) is 11.8. The molecular formula is C14H22N2O3. The Morgan fingerprint density at radius 3 is 2.42 bits per heavy atom. The minimum atomic E-state index is -0.937. The lowest BCUT2D eigenvalue weighted by Gasteiger charge is -2.42. The SMILES string of the molecule is CC(C)(C)N1CCN(Cc2cc(C(=O)O)co2)CC1. The fourth-order valence-corrected chi connectivity index (χ4v) is 2.37.